The van der Waals surface area contributed by atoms with Crippen LogP contribution in [-0.4, -0.2) is 26.6 Å². The van der Waals surface area contributed by atoms with Gasteiger partial charge in [0, 0.05) is 30.7 Å². The lowest BCUT2D eigenvalue weighted by Gasteiger charge is -2.06. The van der Waals surface area contributed by atoms with Crippen molar-refractivity contribution in [1.29, 1.82) is 0 Å². The van der Waals surface area contributed by atoms with Crippen LogP contribution in [0, 0.1) is 0 Å². The van der Waals surface area contributed by atoms with Gasteiger partial charge < -0.3 is 15.8 Å². The average molecular weight is 204 g/mol. The fraction of sp³-hybridized carbons (Fsp3) is 0.200. The molecule has 0 aromatic carbocycles. The molecule has 2 aromatic heterocycles. The Morgan fingerprint density at radius 1 is 1.47 bits per heavy atom. The molecule has 0 spiro atoms. The zero-order chi connectivity index (χ0) is 10.7. The van der Waals surface area contributed by atoms with Crippen molar-refractivity contribution in [3.8, 4) is 11.3 Å². The summed E-state index contributed by atoms with van der Waals surface area (Å²) < 4.78 is 0. The van der Waals surface area contributed by atoms with E-state index in [0.29, 0.717) is 5.82 Å². The number of nitrogens with two attached hydrogens (primary N) is 1. The smallest absolute Gasteiger partial charge is 0.158 e. The second kappa shape index (κ2) is 4.20. The number of aliphatic hydroxyl groups is 1. The largest absolute Gasteiger partial charge is 0.384 e. The molecule has 0 radical (unpaired) electrons. The fourth-order valence-corrected chi connectivity index (χ4v) is 1.28. The molecule has 4 N–H and O–H groups in total. The Morgan fingerprint density at radius 2 is 2.33 bits per heavy atom. The molecule has 2 rings (SSSR count). The van der Waals surface area contributed by atoms with Crippen molar-refractivity contribution < 1.29 is 5.11 Å². The van der Waals surface area contributed by atoms with Gasteiger partial charge in [-0.2, -0.15) is 0 Å². The summed E-state index contributed by atoms with van der Waals surface area (Å²) in [6.45, 7) is 0.122. The van der Waals surface area contributed by atoms with Gasteiger partial charge >= 0.3 is 0 Å². The SMILES string of the molecule is NCC(O)c1nccc(-c2cc[nH]c2)n1. The maximum atomic E-state index is 9.49. The minimum atomic E-state index is -0.802. The molecular weight excluding hydrogens is 192 g/mol. The molecule has 2 heterocycles. The van der Waals surface area contributed by atoms with Crippen LogP contribution in [0.15, 0.2) is 30.7 Å². The van der Waals surface area contributed by atoms with Gasteiger partial charge in [0.25, 0.3) is 0 Å². The van der Waals surface area contributed by atoms with Gasteiger partial charge in [0.05, 0.1) is 5.69 Å². The van der Waals surface area contributed by atoms with Crippen LogP contribution in [0.25, 0.3) is 11.3 Å². The first-order valence-corrected chi connectivity index (χ1v) is 4.65. The van der Waals surface area contributed by atoms with Crippen LogP contribution in [0.4, 0.5) is 0 Å². The summed E-state index contributed by atoms with van der Waals surface area (Å²) in [6, 6.07) is 3.69. The van der Waals surface area contributed by atoms with E-state index in [1.54, 1.807) is 12.3 Å². The molecule has 0 bridgehead atoms. The second-order valence-electron chi connectivity index (χ2n) is 3.15. The lowest BCUT2D eigenvalue weighted by atomic mass is 10.2. The summed E-state index contributed by atoms with van der Waals surface area (Å²) in [5, 5.41) is 9.49. The van der Waals surface area contributed by atoms with E-state index in [-0.39, 0.29) is 6.54 Å². The molecule has 78 valence electrons. The first kappa shape index (κ1) is 9.82. The zero-order valence-corrected chi connectivity index (χ0v) is 8.09. The highest BCUT2D eigenvalue weighted by atomic mass is 16.3. The molecule has 0 aliphatic carbocycles. The Labute approximate surface area is 87.0 Å². The highest BCUT2D eigenvalue weighted by Gasteiger charge is 2.09. The van der Waals surface area contributed by atoms with Crippen LogP contribution >= 0.6 is 0 Å². The van der Waals surface area contributed by atoms with Crippen molar-refractivity contribution >= 4 is 0 Å². The van der Waals surface area contributed by atoms with E-state index < -0.39 is 6.10 Å². The lowest BCUT2D eigenvalue weighted by Crippen LogP contribution is -2.14. The Bertz CT molecular complexity index is 427. The molecule has 5 heteroatoms. The van der Waals surface area contributed by atoms with E-state index in [1.165, 1.54) is 0 Å². The number of hydrogen-bond donors (Lipinski definition) is 3. The highest BCUT2D eigenvalue weighted by Crippen LogP contribution is 2.16. The topological polar surface area (TPSA) is 87.8 Å². The quantitative estimate of drug-likeness (QED) is 0.678. The number of H-pyrrole nitrogens is 1. The van der Waals surface area contributed by atoms with Gasteiger partial charge in [-0.05, 0) is 12.1 Å². The maximum Gasteiger partial charge on any atom is 0.158 e. The number of rotatable bonds is 3. The third kappa shape index (κ3) is 2.03. The van der Waals surface area contributed by atoms with Gasteiger partial charge in [0.1, 0.15) is 6.10 Å². The summed E-state index contributed by atoms with van der Waals surface area (Å²) in [4.78, 5) is 11.1. The number of aromatic amines is 1. The lowest BCUT2D eigenvalue weighted by molar-refractivity contribution is 0.176. The standard InChI is InChI=1S/C10H12N4O/c11-5-9(15)10-13-4-2-8(14-10)7-1-3-12-6-7/h1-4,6,9,12,15H,5,11H2. The molecular formula is C10H12N4O. The molecule has 0 saturated heterocycles. The molecule has 0 amide bonds. The van der Waals surface area contributed by atoms with E-state index >= 15 is 0 Å². The van der Waals surface area contributed by atoms with Crippen molar-refractivity contribution in [1.82, 2.24) is 15.0 Å². The molecule has 0 aliphatic heterocycles. The van der Waals surface area contributed by atoms with Crippen molar-refractivity contribution in [3.63, 3.8) is 0 Å². The van der Waals surface area contributed by atoms with Crippen molar-refractivity contribution in [2.24, 2.45) is 5.73 Å². The Balaban J connectivity index is 2.35. The van der Waals surface area contributed by atoms with Crippen molar-refractivity contribution in [2.75, 3.05) is 6.54 Å². The number of nitrogens with zero attached hydrogens (tertiary/aromatic N) is 2. The van der Waals surface area contributed by atoms with Crippen molar-refractivity contribution in [3.05, 3.63) is 36.5 Å². The molecule has 0 fully saturated rings. The number of nitrogens with one attached hydrogen (secondary N) is 1. The summed E-state index contributed by atoms with van der Waals surface area (Å²) in [7, 11) is 0. The van der Waals surface area contributed by atoms with Crippen LogP contribution < -0.4 is 5.73 Å². The van der Waals surface area contributed by atoms with E-state index in [1.807, 2.05) is 18.5 Å². The van der Waals surface area contributed by atoms with Gasteiger partial charge in [-0.15, -0.1) is 0 Å². The van der Waals surface area contributed by atoms with Crippen LogP contribution in [0.3, 0.4) is 0 Å². The van der Waals surface area contributed by atoms with Crippen LogP contribution in [0.5, 0.6) is 0 Å². The number of hydrogen-bond acceptors (Lipinski definition) is 4. The third-order valence-electron chi connectivity index (χ3n) is 2.09. The first-order chi connectivity index (χ1) is 7.31. The van der Waals surface area contributed by atoms with E-state index in [0.717, 1.165) is 11.3 Å². The first-order valence-electron chi connectivity index (χ1n) is 4.65. The highest BCUT2D eigenvalue weighted by molar-refractivity contribution is 5.57. The summed E-state index contributed by atoms with van der Waals surface area (Å²) in [6.07, 6.45) is 4.46. The van der Waals surface area contributed by atoms with E-state index in [2.05, 4.69) is 15.0 Å². The Kier molecular flexibility index (Phi) is 2.75. The van der Waals surface area contributed by atoms with Gasteiger partial charge in [-0.1, -0.05) is 0 Å². The zero-order valence-electron chi connectivity index (χ0n) is 8.09. The fourth-order valence-electron chi connectivity index (χ4n) is 1.28. The van der Waals surface area contributed by atoms with E-state index in [9.17, 15) is 5.11 Å². The maximum absolute atomic E-state index is 9.49. The second-order valence-corrected chi connectivity index (χ2v) is 3.15. The van der Waals surface area contributed by atoms with Gasteiger partial charge in [-0.3, -0.25) is 0 Å². The minimum Gasteiger partial charge on any atom is -0.384 e. The minimum absolute atomic E-state index is 0.122. The predicted octanol–water partition coefficient (Wildman–Crippen LogP) is 0.464. The summed E-state index contributed by atoms with van der Waals surface area (Å²) in [5.41, 5.74) is 7.07. The monoisotopic (exact) mass is 204 g/mol. The molecule has 1 atom stereocenters. The summed E-state index contributed by atoms with van der Waals surface area (Å²) >= 11 is 0. The third-order valence-corrected chi connectivity index (χ3v) is 2.09. The van der Waals surface area contributed by atoms with Crippen LogP contribution in [0.1, 0.15) is 11.9 Å². The Hall–Kier alpha value is -1.72. The van der Waals surface area contributed by atoms with Crippen LogP contribution in [0.2, 0.25) is 0 Å². The molecule has 0 saturated carbocycles. The van der Waals surface area contributed by atoms with Gasteiger partial charge in [-0.25, -0.2) is 9.97 Å². The average Bonchev–Trinajstić information content (AvgIpc) is 2.82. The van der Waals surface area contributed by atoms with E-state index in [4.69, 9.17) is 5.73 Å². The van der Waals surface area contributed by atoms with Gasteiger partial charge in [0.15, 0.2) is 5.82 Å². The summed E-state index contributed by atoms with van der Waals surface area (Å²) in [5.74, 6) is 0.358. The normalized spacial score (nSPS) is 12.7. The Morgan fingerprint density at radius 3 is 3.00 bits per heavy atom. The van der Waals surface area contributed by atoms with Crippen molar-refractivity contribution in [2.45, 2.75) is 6.10 Å². The number of aliphatic hydroxyl groups excluding tert-OH is 1. The molecule has 5 nitrogen and oxygen atoms in total. The molecule has 1 unspecified atom stereocenters. The molecule has 0 aliphatic rings. The van der Waals surface area contributed by atoms with Gasteiger partial charge in [0.2, 0.25) is 0 Å². The molecule has 15 heavy (non-hydrogen) atoms. The van der Waals surface area contributed by atoms with Crippen LogP contribution in [-0.2, 0) is 0 Å². The predicted molar refractivity (Wildman–Crippen MR) is 55.8 cm³/mol. The number of aromatic nitrogens is 3. The molecule has 2 aromatic rings.